The summed E-state index contributed by atoms with van der Waals surface area (Å²) in [6, 6.07) is 4.42. The van der Waals surface area contributed by atoms with Crippen molar-refractivity contribution in [1.29, 1.82) is 0 Å². The van der Waals surface area contributed by atoms with Gasteiger partial charge in [-0.05, 0) is 43.2 Å². The first kappa shape index (κ1) is 18.5. The summed E-state index contributed by atoms with van der Waals surface area (Å²) in [7, 11) is 3.54. The van der Waals surface area contributed by atoms with Crippen molar-refractivity contribution in [2.24, 2.45) is 11.8 Å². The molecule has 1 aliphatic heterocycles. The summed E-state index contributed by atoms with van der Waals surface area (Å²) >= 11 is 0. The molecule has 1 atom stereocenters. The van der Waals surface area contributed by atoms with Crippen LogP contribution in [-0.2, 0) is 22.6 Å². The lowest BCUT2D eigenvalue weighted by molar-refractivity contribution is -0.133. The summed E-state index contributed by atoms with van der Waals surface area (Å²) in [5.41, 5.74) is 1.43. The lowest BCUT2D eigenvalue weighted by atomic mass is 10.0. The first-order valence-electron chi connectivity index (χ1n) is 9.76. The van der Waals surface area contributed by atoms with E-state index in [1.165, 1.54) is 37.9 Å². The molecule has 1 aliphatic carbocycles. The quantitative estimate of drug-likeness (QED) is 0.712. The van der Waals surface area contributed by atoms with E-state index in [9.17, 15) is 4.79 Å². The van der Waals surface area contributed by atoms with Crippen LogP contribution in [0, 0.1) is 11.8 Å². The summed E-state index contributed by atoms with van der Waals surface area (Å²) in [5.74, 6) is 1.51. The van der Waals surface area contributed by atoms with Crippen LogP contribution in [0.3, 0.4) is 0 Å². The predicted molar refractivity (Wildman–Crippen MR) is 99.3 cm³/mol. The van der Waals surface area contributed by atoms with Gasteiger partial charge < -0.3 is 14.2 Å². The van der Waals surface area contributed by atoms with E-state index < -0.39 is 0 Å². The van der Waals surface area contributed by atoms with E-state index in [0.29, 0.717) is 12.5 Å². The molecule has 5 heteroatoms. The fourth-order valence-electron chi connectivity index (χ4n) is 4.18. The Hall–Kier alpha value is -1.33. The number of carbonyl (C=O) groups excluding carboxylic acids is 1. The number of aromatic nitrogens is 1. The van der Waals surface area contributed by atoms with Crippen LogP contribution in [0.5, 0.6) is 0 Å². The van der Waals surface area contributed by atoms with E-state index in [0.717, 1.165) is 32.0 Å². The van der Waals surface area contributed by atoms with Gasteiger partial charge in [0.2, 0.25) is 5.91 Å². The minimum atomic E-state index is 0.0384. The number of rotatable bonds is 7. The van der Waals surface area contributed by atoms with E-state index in [-0.39, 0.29) is 12.5 Å². The Labute approximate surface area is 151 Å². The molecule has 1 saturated carbocycles. The summed E-state index contributed by atoms with van der Waals surface area (Å²) in [5, 5.41) is 0. The molecule has 1 aromatic heterocycles. The van der Waals surface area contributed by atoms with Gasteiger partial charge >= 0.3 is 0 Å². The van der Waals surface area contributed by atoms with Crippen LogP contribution in [0.15, 0.2) is 18.3 Å². The third-order valence-electron chi connectivity index (χ3n) is 5.67. The molecule has 1 amide bonds. The van der Waals surface area contributed by atoms with Crippen molar-refractivity contribution < 1.29 is 9.53 Å². The summed E-state index contributed by atoms with van der Waals surface area (Å²) in [6.07, 6.45) is 8.84. The Morgan fingerprint density at radius 3 is 2.80 bits per heavy atom. The van der Waals surface area contributed by atoms with Gasteiger partial charge in [0.05, 0.1) is 0 Å². The second kappa shape index (κ2) is 8.86. The maximum absolute atomic E-state index is 11.6. The molecular formula is C20H33N3O2. The molecule has 140 valence electrons. The summed E-state index contributed by atoms with van der Waals surface area (Å²) in [4.78, 5) is 15.9. The molecule has 3 rings (SSSR count). The fraction of sp³-hybridized carbons (Fsp3) is 0.750. The van der Waals surface area contributed by atoms with Gasteiger partial charge in [0, 0.05) is 58.8 Å². The van der Waals surface area contributed by atoms with Crippen molar-refractivity contribution in [2.45, 2.75) is 45.2 Å². The molecule has 0 aromatic carbocycles. The normalized spacial score (nSPS) is 21.9. The Bertz CT molecular complexity index is 549. The van der Waals surface area contributed by atoms with Crippen LogP contribution in [-0.4, -0.2) is 60.7 Å². The predicted octanol–water partition coefficient (Wildman–Crippen LogP) is 2.60. The molecule has 0 bridgehead atoms. The maximum Gasteiger partial charge on any atom is 0.248 e. The van der Waals surface area contributed by atoms with Crippen molar-refractivity contribution in [3.05, 3.63) is 24.0 Å². The third kappa shape index (κ3) is 5.32. The zero-order chi connectivity index (χ0) is 17.6. The molecule has 5 nitrogen and oxygen atoms in total. The molecule has 2 aliphatic rings. The minimum Gasteiger partial charge on any atom is -0.372 e. The van der Waals surface area contributed by atoms with Gasteiger partial charge in [-0.15, -0.1) is 0 Å². The highest BCUT2D eigenvalue weighted by atomic mass is 16.5. The van der Waals surface area contributed by atoms with Crippen LogP contribution < -0.4 is 0 Å². The Kier molecular flexibility index (Phi) is 6.54. The number of ether oxygens (including phenoxy) is 1. The number of hydrogen-bond donors (Lipinski definition) is 0. The van der Waals surface area contributed by atoms with Gasteiger partial charge in [0.1, 0.15) is 6.61 Å². The van der Waals surface area contributed by atoms with Gasteiger partial charge in [-0.2, -0.15) is 0 Å². The Morgan fingerprint density at radius 1 is 1.24 bits per heavy atom. The number of hydrogen-bond acceptors (Lipinski definition) is 3. The Balaban J connectivity index is 1.52. The highest BCUT2D eigenvalue weighted by Crippen LogP contribution is 2.28. The van der Waals surface area contributed by atoms with Gasteiger partial charge in [-0.1, -0.05) is 12.8 Å². The first-order chi connectivity index (χ1) is 12.1. The van der Waals surface area contributed by atoms with Gasteiger partial charge in [-0.25, -0.2) is 0 Å². The van der Waals surface area contributed by atoms with Crippen molar-refractivity contribution in [3.8, 4) is 0 Å². The lowest BCUT2D eigenvalue weighted by Gasteiger charge is -2.26. The van der Waals surface area contributed by atoms with E-state index >= 15 is 0 Å². The van der Waals surface area contributed by atoms with Gasteiger partial charge in [0.15, 0.2) is 0 Å². The van der Waals surface area contributed by atoms with Crippen molar-refractivity contribution >= 4 is 5.91 Å². The second-order valence-electron chi connectivity index (χ2n) is 7.99. The molecule has 0 radical (unpaired) electrons. The smallest absolute Gasteiger partial charge is 0.248 e. The molecule has 1 aromatic rings. The highest BCUT2D eigenvalue weighted by Gasteiger charge is 2.25. The average Bonchev–Trinajstić information content (AvgIpc) is 3.20. The summed E-state index contributed by atoms with van der Waals surface area (Å²) in [6.45, 7) is 5.37. The zero-order valence-corrected chi connectivity index (χ0v) is 15.8. The number of carbonyl (C=O) groups is 1. The van der Waals surface area contributed by atoms with Gasteiger partial charge in [-0.3, -0.25) is 9.69 Å². The molecule has 1 unspecified atom stereocenters. The van der Waals surface area contributed by atoms with Gasteiger partial charge in [0.25, 0.3) is 0 Å². The van der Waals surface area contributed by atoms with E-state index in [4.69, 9.17) is 4.74 Å². The fourth-order valence-corrected chi connectivity index (χ4v) is 4.18. The van der Waals surface area contributed by atoms with Crippen LogP contribution >= 0.6 is 0 Å². The number of amides is 1. The van der Waals surface area contributed by atoms with E-state index in [2.05, 4.69) is 27.8 Å². The van der Waals surface area contributed by atoms with Crippen LogP contribution in [0.25, 0.3) is 0 Å². The molecule has 2 heterocycles. The number of nitrogens with zero attached hydrogens (tertiary/aromatic N) is 3. The topological polar surface area (TPSA) is 37.7 Å². The zero-order valence-electron chi connectivity index (χ0n) is 15.8. The van der Waals surface area contributed by atoms with Crippen molar-refractivity contribution in [3.63, 3.8) is 0 Å². The van der Waals surface area contributed by atoms with E-state index in [1.807, 2.05) is 0 Å². The molecule has 0 N–H and O–H groups in total. The van der Waals surface area contributed by atoms with Crippen molar-refractivity contribution in [2.75, 3.05) is 40.4 Å². The minimum absolute atomic E-state index is 0.0384. The standard InChI is InChI=1S/C20H33N3O2/c1-21(2)20(24)16-25-11-9-18-13-22(12-17-6-3-4-7-17)15-19-8-5-10-23(19)14-18/h5,8,10,17-18H,3-4,6-7,9,11-16H2,1-2H3. The SMILES string of the molecule is CN(C)C(=O)COCCC1CN(CC2CCCC2)Cc2cccn2C1. The van der Waals surface area contributed by atoms with Crippen LogP contribution in [0.2, 0.25) is 0 Å². The number of likely N-dealkylation sites (N-methyl/N-ethyl adjacent to an activating group) is 1. The van der Waals surface area contributed by atoms with E-state index in [1.54, 1.807) is 19.0 Å². The van der Waals surface area contributed by atoms with Crippen molar-refractivity contribution in [1.82, 2.24) is 14.4 Å². The monoisotopic (exact) mass is 347 g/mol. The molecule has 1 fully saturated rings. The first-order valence-corrected chi connectivity index (χ1v) is 9.76. The summed E-state index contributed by atoms with van der Waals surface area (Å²) < 4.78 is 8.03. The maximum atomic E-state index is 11.6. The Morgan fingerprint density at radius 2 is 2.04 bits per heavy atom. The highest BCUT2D eigenvalue weighted by molar-refractivity contribution is 5.76. The average molecular weight is 348 g/mol. The third-order valence-corrected chi connectivity index (χ3v) is 5.67. The largest absolute Gasteiger partial charge is 0.372 e. The molecular weight excluding hydrogens is 314 g/mol. The van der Waals surface area contributed by atoms with Crippen LogP contribution in [0.4, 0.5) is 0 Å². The molecule has 0 spiro atoms. The molecule has 25 heavy (non-hydrogen) atoms. The van der Waals surface area contributed by atoms with Crippen LogP contribution in [0.1, 0.15) is 37.8 Å². The molecule has 0 saturated heterocycles. The lowest BCUT2D eigenvalue weighted by Crippen LogP contribution is -2.32. The number of fused-ring (bicyclic) bond motifs is 1. The second-order valence-corrected chi connectivity index (χ2v) is 7.99.